The third-order valence-electron chi connectivity index (χ3n) is 6.18. The number of nitro groups is 1. The molecule has 3 fully saturated rings. The fraction of sp³-hybridized carbons (Fsp3) is 0.684. The fourth-order valence-electron chi connectivity index (χ4n) is 4.61. The van der Waals surface area contributed by atoms with Crippen LogP contribution in [0.5, 0.6) is 5.75 Å². The summed E-state index contributed by atoms with van der Waals surface area (Å²) in [5, 5.41) is 11.1. The zero-order valence-electron chi connectivity index (χ0n) is 15.9. The van der Waals surface area contributed by atoms with Crippen molar-refractivity contribution in [2.75, 3.05) is 64.5 Å². The average Bonchev–Trinajstić information content (AvgIpc) is 2.73. The Morgan fingerprint density at radius 3 is 2.63 bits per heavy atom. The maximum absolute atomic E-state index is 11.1. The molecule has 8 nitrogen and oxygen atoms in total. The van der Waals surface area contributed by atoms with Gasteiger partial charge in [0, 0.05) is 69.2 Å². The molecule has 27 heavy (non-hydrogen) atoms. The molecule has 3 saturated heterocycles. The Bertz CT molecular complexity index is 678. The Morgan fingerprint density at radius 2 is 1.89 bits per heavy atom. The Labute approximate surface area is 159 Å². The molecule has 1 aromatic rings. The number of benzene rings is 1. The first-order chi connectivity index (χ1) is 13.2. The van der Waals surface area contributed by atoms with E-state index in [0.717, 1.165) is 71.0 Å². The first kappa shape index (κ1) is 18.5. The number of hydrogen-bond acceptors (Lipinski definition) is 7. The molecule has 0 aliphatic carbocycles. The van der Waals surface area contributed by atoms with Crippen LogP contribution in [0.2, 0.25) is 0 Å². The smallest absolute Gasteiger partial charge is 0.311 e. The van der Waals surface area contributed by atoms with Crippen molar-refractivity contribution >= 4 is 11.4 Å². The predicted octanol–water partition coefficient (Wildman–Crippen LogP) is 1.59. The van der Waals surface area contributed by atoms with Crippen LogP contribution in [0.25, 0.3) is 0 Å². The molecule has 0 bridgehead atoms. The number of anilines is 1. The molecule has 0 radical (unpaired) electrons. The first-order valence-corrected chi connectivity index (χ1v) is 9.79. The monoisotopic (exact) mass is 376 g/mol. The maximum atomic E-state index is 11.1. The lowest BCUT2D eigenvalue weighted by molar-refractivity contribution is -0.385. The van der Waals surface area contributed by atoms with Crippen molar-refractivity contribution in [2.24, 2.45) is 0 Å². The molecule has 0 N–H and O–H groups in total. The van der Waals surface area contributed by atoms with E-state index in [9.17, 15) is 10.1 Å². The zero-order chi connectivity index (χ0) is 18.8. The van der Waals surface area contributed by atoms with Gasteiger partial charge in [-0.2, -0.15) is 0 Å². The van der Waals surface area contributed by atoms with Crippen LogP contribution >= 0.6 is 0 Å². The molecular weight excluding hydrogens is 348 g/mol. The lowest BCUT2D eigenvalue weighted by atomic mass is 9.99. The van der Waals surface area contributed by atoms with Crippen molar-refractivity contribution in [1.29, 1.82) is 0 Å². The van der Waals surface area contributed by atoms with Gasteiger partial charge >= 0.3 is 5.69 Å². The van der Waals surface area contributed by atoms with E-state index in [-0.39, 0.29) is 5.69 Å². The van der Waals surface area contributed by atoms with E-state index >= 15 is 0 Å². The quantitative estimate of drug-likeness (QED) is 0.584. The third kappa shape index (κ3) is 3.88. The summed E-state index contributed by atoms with van der Waals surface area (Å²) >= 11 is 0. The minimum atomic E-state index is -0.399. The van der Waals surface area contributed by atoms with Gasteiger partial charge in [-0.15, -0.1) is 0 Å². The van der Waals surface area contributed by atoms with Crippen molar-refractivity contribution < 1.29 is 14.4 Å². The molecule has 8 heteroatoms. The average molecular weight is 376 g/mol. The van der Waals surface area contributed by atoms with Crippen molar-refractivity contribution in [1.82, 2.24) is 9.80 Å². The van der Waals surface area contributed by atoms with Crippen LogP contribution in [-0.4, -0.2) is 86.4 Å². The lowest BCUT2D eigenvalue weighted by Gasteiger charge is -2.48. The van der Waals surface area contributed by atoms with Gasteiger partial charge in [0.25, 0.3) is 0 Å². The second kappa shape index (κ2) is 8.00. The van der Waals surface area contributed by atoms with Crippen LogP contribution in [0.1, 0.15) is 12.8 Å². The Hall–Kier alpha value is -1.90. The number of nitrogens with zero attached hydrogens (tertiary/aromatic N) is 4. The molecule has 3 heterocycles. The number of nitro benzene ring substituents is 1. The maximum Gasteiger partial charge on any atom is 0.311 e. The summed E-state index contributed by atoms with van der Waals surface area (Å²) in [7, 11) is 1.48. The van der Waals surface area contributed by atoms with Crippen molar-refractivity contribution in [2.45, 2.75) is 24.9 Å². The number of hydrogen-bond donors (Lipinski definition) is 0. The van der Waals surface area contributed by atoms with E-state index in [1.807, 2.05) is 6.07 Å². The standard InChI is InChI=1S/C19H28N4O4/c1-26-19-12-16(2-3-18(19)23(24)25)20-6-4-15(5-7-20)22-9-8-21-10-11-27-14-17(21)13-22/h2-3,12,15,17H,4-11,13-14H2,1H3. The summed E-state index contributed by atoms with van der Waals surface area (Å²) < 4.78 is 10.9. The number of methoxy groups -OCH3 is 1. The van der Waals surface area contributed by atoms with E-state index in [2.05, 4.69) is 14.7 Å². The van der Waals surface area contributed by atoms with Gasteiger partial charge in [-0.05, 0) is 18.9 Å². The highest BCUT2D eigenvalue weighted by Crippen LogP contribution is 2.33. The number of ether oxygens (including phenoxy) is 2. The summed E-state index contributed by atoms with van der Waals surface area (Å²) in [5.41, 5.74) is 1.02. The number of piperidine rings is 1. The zero-order valence-corrected chi connectivity index (χ0v) is 15.9. The molecule has 0 saturated carbocycles. The fourth-order valence-corrected chi connectivity index (χ4v) is 4.61. The van der Waals surface area contributed by atoms with Crippen LogP contribution < -0.4 is 9.64 Å². The summed E-state index contributed by atoms with van der Waals surface area (Å²) in [5.74, 6) is 0.327. The van der Waals surface area contributed by atoms with E-state index in [4.69, 9.17) is 9.47 Å². The molecule has 0 spiro atoms. The Morgan fingerprint density at radius 1 is 1.11 bits per heavy atom. The van der Waals surface area contributed by atoms with Gasteiger partial charge in [0.2, 0.25) is 0 Å². The van der Waals surface area contributed by atoms with Crippen LogP contribution in [0.3, 0.4) is 0 Å². The highest BCUT2D eigenvalue weighted by Gasteiger charge is 2.34. The Kier molecular flexibility index (Phi) is 5.47. The topological polar surface area (TPSA) is 71.3 Å². The van der Waals surface area contributed by atoms with E-state index in [0.29, 0.717) is 17.8 Å². The second-order valence-corrected chi connectivity index (χ2v) is 7.59. The molecule has 1 atom stereocenters. The van der Waals surface area contributed by atoms with Gasteiger partial charge in [0.05, 0.1) is 25.2 Å². The van der Waals surface area contributed by atoms with Gasteiger partial charge in [0.1, 0.15) is 0 Å². The molecular formula is C19H28N4O4. The van der Waals surface area contributed by atoms with Crippen LogP contribution in [0.4, 0.5) is 11.4 Å². The highest BCUT2D eigenvalue weighted by atomic mass is 16.6. The van der Waals surface area contributed by atoms with Gasteiger partial charge in [-0.3, -0.25) is 19.9 Å². The molecule has 1 aromatic carbocycles. The predicted molar refractivity (Wildman–Crippen MR) is 103 cm³/mol. The molecule has 4 rings (SSSR count). The van der Waals surface area contributed by atoms with Crippen LogP contribution in [0.15, 0.2) is 18.2 Å². The van der Waals surface area contributed by atoms with E-state index in [1.54, 1.807) is 12.1 Å². The van der Waals surface area contributed by atoms with Crippen LogP contribution in [0, 0.1) is 10.1 Å². The summed E-state index contributed by atoms with van der Waals surface area (Å²) in [4.78, 5) is 18.2. The largest absolute Gasteiger partial charge is 0.490 e. The summed E-state index contributed by atoms with van der Waals surface area (Å²) in [6, 6.07) is 6.33. The first-order valence-electron chi connectivity index (χ1n) is 9.79. The van der Waals surface area contributed by atoms with Gasteiger partial charge in [0.15, 0.2) is 5.75 Å². The third-order valence-corrected chi connectivity index (χ3v) is 6.18. The molecule has 0 aromatic heterocycles. The van der Waals surface area contributed by atoms with Crippen LogP contribution in [-0.2, 0) is 4.74 Å². The summed E-state index contributed by atoms with van der Waals surface area (Å²) in [6.07, 6.45) is 2.24. The summed E-state index contributed by atoms with van der Waals surface area (Å²) in [6.45, 7) is 8.13. The normalized spacial score (nSPS) is 25.2. The molecule has 0 amide bonds. The van der Waals surface area contributed by atoms with Crippen molar-refractivity contribution in [3.63, 3.8) is 0 Å². The SMILES string of the molecule is COc1cc(N2CCC(N3CCN4CCOCC4C3)CC2)ccc1[N+](=O)[O-]. The van der Waals surface area contributed by atoms with E-state index < -0.39 is 4.92 Å². The van der Waals surface area contributed by atoms with E-state index in [1.165, 1.54) is 7.11 Å². The van der Waals surface area contributed by atoms with Crippen molar-refractivity contribution in [3.05, 3.63) is 28.3 Å². The number of fused-ring (bicyclic) bond motifs is 1. The Balaban J connectivity index is 1.36. The molecule has 3 aliphatic heterocycles. The number of rotatable bonds is 4. The number of morpholine rings is 1. The molecule has 148 valence electrons. The van der Waals surface area contributed by atoms with Gasteiger partial charge in [-0.1, -0.05) is 0 Å². The highest BCUT2D eigenvalue weighted by molar-refractivity contribution is 5.59. The lowest BCUT2D eigenvalue weighted by Crippen LogP contribution is -2.60. The minimum absolute atomic E-state index is 0.0173. The minimum Gasteiger partial charge on any atom is -0.490 e. The van der Waals surface area contributed by atoms with Gasteiger partial charge in [-0.25, -0.2) is 0 Å². The van der Waals surface area contributed by atoms with Crippen molar-refractivity contribution in [3.8, 4) is 5.75 Å². The molecule has 3 aliphatic rings. The van der Waals surface area contributed by atoms with Gasteiger partial charge < -0.3 is 14.4 Å². The number of piperazine rings is 1. The molecule has 1 unspecified atom stereocenters. The second-order valence-electron chi connectivity index (χ2n) is 7.59.